The predicted molar refractivity (Wildman–Crippen MR) is 97.1 cm³/mol. The molecule has 0 aliphatic heterocycles. The summed E-state index contributed by atoms with van der Waals surface area (Å²) in [5.41, 5.74) is 2.60. The lowest BCUT2D eigenvalue weighted by Gasteiger charge is -2.28. The zero-order chi connectivity index (χ0) is 15.1. The van der Waals surface area contributed by atoms with Crippen molar-refractivity contribution in [2.45, 2.75) is 39.3 Å². The summed E-state index contributed by atoms with van der Waals surface area (Å²) in [6.07, 6.45) is 3.38. The van der Waals surface area contributed by atoms with E-state index in [4.69, 9.17) is 0 Å². The van der Waals surface area contributed by atoms with Gasteiger partial charge in [-0.25, -0.2) is 0 Å². The van der Waals surface area contributed by atoms with E-state index >= 15 is 0 Å². The molecule has 0 radical (unpaired) electrons. The normalized spacial score (nSPS) is 14.1. The highest BCUT2D eigenvalue weighted by Gasteiger charge is 2.13. The maximum absolute atomic E-state index is 3.72. The Labute approximate surface area is 136 Å². The number of halogens is 1. The van der Waals surface area contributed by atoms with E-state index in [9.17, 15) is 0 Å². The van der Waals surface area contributed by atoms with Gasteiger partial charge in [0.25, 0.3) is 0 Å². The van der Waals surface area contributed by atoms with Gasteiger partial charge in [0, 0.05) is 29.3 Å². The van der Waals surface area contributed by atoms with Crippen LogP contribution >= 0.6 is 27.7 Å². The first kappa shape index (κ1) is 17.9. The lowest BCUT2D eigenvalue weighted by atomic mass is 10.1. The topological polar surface area (TPSA) is 15.3 Å². The number of nitrogens with zero attached hydrogens (tertiary/aromatic N) is 1. The fourth-order valence-corrected chi connectivity index (χ4v) is 3.53. The Kier molecular flexibility index (Phi) is 8.00. The molecule has 2 unspecified atom stereocenters. The van der Waals surface area contributed by atoms with Crippen molar-refractivity contribution < 1.29 is 0 Å². The van der Waals surface area contributed by atoms with Crippen molar-refractivity contribution in [1.29, 1.82) is 0 Å². The molecule has 0 bridgehead atoms. The molecule has 20 heavy (non-hydrogen) atoms. The molecule has 1 aromatic rings. The van der Waals surface area contributed by atoms with Crippen LogP contribution in [-0.2, 0) is 0 Å². The molecule has 2 atom stereocenters. The third-order valence-electron chi connectivity index (χ3n) is 3.77. The number of benzene rings is 1. The van der Waals surface area contributed by atoms with Crippen LogP contribution in [-0.4, -0.2) is 31.6 Å². The van der Waals surface area contributed by atoms with Gasteiger partial charge in [-0.2, -0.15) is 11.8 Å². The molecule has 0 aromatic heterocycles. The second kappa shape index (κ2) is 8.96. The van der Waals surface area contributed by atoms with E-state index in [0.717, 1.165) is 6.54 Å². The van der Waals surface area contributed by atoms with Crippen LogP contribution in [0.2, 0.25) is 0 Å². The molecule has 0 aliphatic carbocycles. The summed E-state index contributed by atoms with van der Waals surface area (Å²) in [5.74, 6) is 1.21. The van der Waals surface area contributed by atoms with Gasteiger partial charge in [-0.05, 0) is 56.5 Å². The fraction of sp³-hybridized carbons (Fsp3) is 0.625. The summed E-state index contributed by atoms with van der Waals surface area (Å²) in [6.45, 7) is 7.62. The number of anilines is 1. The van der Waals surface area contributed by atoms with Crippen LogP contribution in [0.1, 0.15) is 38.8 Å². The summed E-state index contributed by atoms with van der Waals surface area (Å²) in [7, 11) is 2.18. The summed E-state index contributed by atoms with van der Waals surface area (Å²) in [4.78, 5) is 2.36. The average molecular weight is 359 g/mol. The zero-order valence-electron chi connectivity index (χ0n) is 13.2. The van der Waals surface area contributed by atoms with Crippen molar-refractivity contribution in [3.05, 3.63) is 28.2 Å². The van der Waals surface area contributed by atoms with Crippen molar-refractivity contribution in [2.24, 2.45) is 0 Å². The Bertz CT molecular complexity index is 411. The fourth-order valence-electron chi connectivity index (χ4n) is 2.24. The minimum atomic E-state index is 0.377. The van der Waals surface area contributed by atoms with Crippen molar-refractivity contribution in [3.63, 3.8) is 0 Å². The highest BCUT2D eigenvalue weighted by atomic mass is 79.9. The van der Waals surface area contributed by atoms with Gasteiger partial charge < -0.3 is 10.2 Å². The van der Waals surface area contributed by atoms with E-state index in [2.05, 4.69) is 78.4 Å². The van der Waals surface area contributed by atoms with Gasteiger partial charge in [-0.15, -0.1) is 0 Å². The minimum absolute atomic E-state index is 0.377. The third kappa shape index (κ3) is 4.97. The Morgan fingerprint density at radius 1 is 1.35 bits per heavy atom. The Morgan fingerprint density at radius 2 is 2.05 bits per heavy atom. The second-order valence-electron chi connectivity index (χ2n) is 5.23. The molecule has 0 heterocycles. The Balaban J connectivity index is 2.80. The van der Waals surface area contributed by atoms with Crippen LogP contribution < -0.4 is 10.2 Å². The van der Waals surface area contributed by atoms with Crippen LogP contribution in [0, 0.1) is 0 Å². The molecular formula is C16H27BrN2S. The minimum Gasteiger partial charge on any atom is -0.372 e. The van der Waals surface area contributed by atoms with E-state index in [1.54, 1.807) is 0 Å². The SMILES string of the molecule is CCNC(C)c1ccc(N(C)C(C)CCSC)cc1Br. The third-order valence-corrected chi connectivity index (χ3v) is 5.10. The lowest BCUT2D eigenvalue weighted by molar-refractivity contribution is 0.595. The van der Waals surface area contributed by atoms with Gasteiger partial charge in [0.2, 0.25) is 0 Å². The highest BCUT2D eigenvalue weighted by molar-refractivity contribution is 9.10. The molecule has 0 amide bonds. The van der Waals surface area contributed by atoms with Crippen molar-refractivity contribution in [3.8, 4) is 0 Å². The summed E-state index contributed by atoms with van der Waals surface area (Å²) < 4.78 is 1.19. The molecule has 1 aromatic carbocycles. The number of hydrogen-bond donors (Lipinski definition) is 1. The van der Waals surface area contributed by atoms with Gasteiger partial charge in [-0.1, -0.05) is 28.9 Å². The molecule has 2 nitrogen and oxygen atoms in total. The summed E-state index contributed by atoms with van der Waals surface area (Å²) >= 11 is 5.63. The summed E-state index contributed by atoms with van der Waals surface area (Å²) in [5, 5.41) is 3.46. The van der Waals surface area contributed by atoms with Gasteiger partial charge in [0.1, 0.15) is 0 Å². The standard InChI is InChI=1S/C16H27BrN2S/c1-6-18-13(3)15-8-7-14(11-16(15)17)19(4)12(2)9-10-20-5/h7-8,11-13,18H,6,9-10H2,1-5H3. The molecule has 1 N–H and O–H groups in total. The maximum Gasteiger partial charge on any atom is 0.0377 e. The van der Waals surface area contributed by atoms with Gasteiger partial charge in [0.05, 0.1) is 0 Å². The quantitative estimate of drug-likeness (QED) is 0.724. The van der Waals surface area contributed by atoms with Crippen molar-refractivity contribution >= 4 is 33.4 Å². The zero-order valence-corrected chi connectivity index (χ0v) is 15.6. The first-order chi connectivity index (χ1) is 9.51. The van der Waals surface area contributed by atoms with Gasteiger partial charge >= 0.3 is 0 Å². The van der Waals surface area contributed by atoms with Crippen LogP contribution in [0.15, 0.2) is 22.7 Å². The Hall–Kier alpha value is -0.190. The van der Waals surface area contributed by atoms with E-state index in [-0.39, 0.29) is 0 Å². The monoisotopic (exact) mass is 358 g/mol. The largest absolute Gasteiger partial charge is 0.372 e. The first-order valence-corrected chi connectivity index (χ1v) is 9.44. The molecule has 0 aliphatic rings. The maximum atomic E-state index is 3.72. The Morgan fingerprint density at radius 3 is 2.60 bits per heavy atom. The van der Waals surface area contributed by atoms with Crippen LogP contribution in [0.5, 0.6) is 0 Å². The second-order valence-corrected chi connectivity index (χ2v) is 7.07. The molecule has 0 saturated heterocycles. The molecule has 4 heteroatoms. The van der Waals surface area contributed by atoms with E-state index in [1.807, 2.05) is 11.8 Å². The summed E-state index contributed by atoms with van der Waals surface area (Å²) in [6, 6.07) is 7.63. The predicted octanol–water partition coefficient (Wildman–Crippen LogP) is 4.70. The van der Waals surface area contributed by atoms with Crippen LogP contribution in [0.3, 0.4) is 0 Å². The van der Waals surface area contributed by atoms with Gasteiger partial charge in [0.15, 0.2) is 0 Å². The number of nitrogens with one attached hydrogen (secondary N) is 1. The van der Waals surface area contributed by atoms with Crippen LogP contribution in [0.25, 0.3) is 0 Å². The van der Waals surface area contributed by atoms with E-state index in [0.29, 0.717) is 12.1 Å². The van der Waals surface area contributed by atoms with E-state index < -0.39 is 0 Å². The van der Waals surface area contributed by atoms with Crippen molar-refractivity contribution in [2.75, 3.05) is 30.5 Å². The number of rotatable bonds is 8. The lowest BCUT2D eigenvalue weighted by Crippen LogP contribution is -2.29. The van der Waals surface area contributed by atoms with E-state index in [1.165, 1.54) is 27.9 Å². The molecule has 0 fully saturated rings. The molecule has 0 saturated carbocycles. The number of thioether (sulfide) groups is 1. The first-order valence-electron chi connectivity index (χ1n) is 7.25. The molecular weight excluding hydrogens is 332 g/mol. The number of hydrogen-bond acceptors (Lipinski definition) is 3. The highest BCUT2D eigenvalue weighted by Crippen LogP contribution is 2.29. The molecule has 114 valence electrons. The molecule has 1 rings (SSSR count). The smallest absolute Gasteiger partial charge is 0.0377 e. The van der Waals surface area contributed by atoms with Crippen LogP contribution in [0.4, 0.5) is 5.69 Å². The molecule has 0 spiro atoms. The van der Waals surface area contributed by atoms with Gasteiger partial charge in [-0.3, -0.25) is 0 Å². The average Bonchev–Trinajstić information content (AvgIpc) is 2.43. The van der Waals surface area contributed by atoms with Crippen molar-refractivity contribution in [1.82, 2.24) is 5.32 Å².